The van der Waals surface area contributed by atoms with Crippen LogP contribution in [-0.4, -0.2) is 64.4 Å². The number of nitrogens with one attached hydrogen (secondary N) is 1. The molecule has 0 aliphatic heterocycles. The molecule has 0 rings (SSSR count). The number of likely N-dealkylation sites (N-methyl/N-ethyl adjacent to an activating group) is 1. The molecule has 0 fully saturated rings. The zero-order chi connectivity index (χ0) is 12.2. The molecule has 0 atom stereocenters. The largest absolute Gasteiger partial charge is 0.466 e. The lowest BCUT2D eigenvalue weighted by molar-refractivity contribution is -0.142. The van der Waals surface area contributed by atoms with Crippen LogP contribution in [0.3, 0.4) is 0 Å². The fourth-order valence-corrected chi connectivity index (χ4v) is 1.04. The molecular weight excluding hydrogens is 208 g/mol. The second-order valence-electron chi connectivity index (χ2n) is 3.72. The average Bonchev–Trinajstić information content (AvgIpc) is 2.22. The van der Waals surface area contributed by atoms with Crippen LogP contribution in [0.1, 0.15) is 13.3 Å². The van der Waals surface area contributed by atoms with Gasteiger partial charge in [0.25, 0.3) is 0 Å². The van der Waals surface area contributed by atoms with E-state index in [9.17, 15) is 4.79 Å². The van der Waals surface area contributed by atoms with E-state index in [1.54, 1.807) is 0 Å². The van der Waals surface area contributed by atoms with Crippen LogP contribution < -0.4 is 5.32 Å². The van der Waals surface area contributed by atoms with Crippen molar-refractivity contribution in [1.29, 1.82) is 0 Å². The molecule has 0 aliphatic rings. The molecule has 16 heavy (non-hydrogen) atoms. The summed E-state index contributed by atoms with van der Waals surface area (Å²) in [5.74, 6) is -0.150. The molecule has 5 nitrogen and oxygen atoms in total. The van der Waals surface area contributed by atoms with Crippen molar-refractivity contribution in [1.82, 2.24) is 10.2 Å². The van der Waals surface area contributed by atoms with Gasteiger partial charge in [0.05, 0.1) is 26.2 Å². The molecule has 0 saturated heterocycles. The van der Waals surface area contributed by atoms with E-state index in [0.717, 1.165) is 19.7 Å². The van der Waals surface area contributed by atoms with Gasteiger partial charge in [-0.3, -0.25) is 4.79 Å². The highest BCUT2D eigenvalue weighted by atomic mass is 16.5. The average molecular weight is 232 g/mol. The lowest BCUT2D eigenvalue weighted by atomic mass is 10.4. The molecule has 0 aromatic rings. The Morgan fingerprint density at radius 2 is 2.00 bits per heavy atom. The van der Waals surface area contributed by atoms with Gasteiger partial charge in [-0.25, -0.2) is 0 Å². The molecule has 5 heteroatoms. The monoisotopic (exact) mass is 232 g/mol. The second kappa shape index (κ2) is 10.9. The zero-order valence-corrected chi connectivity index (χ0v) is 10.6. The van der Waals surface area contributed by atoms with E-state index in [1.165, 1.54) is 0 Å². The highest BCUT2D eigenvalue weighted by Crippen LogP contribution is 1.84. The van der Waals surface area contributed by atoms with Crippen molar-refractivity contribution in [3.63, 3.8) is 0 Å². The summed E-state index contributed by atoms with van der Waals surface area (Å²) in [6.45, 7) is 6.03. The Balaban J connectivity index is 3.07. The first-order valence-corrected chi connectivity index (χ1v) is 5.75. The molecule has 0 bridgehead atoms. The van der Waals surface area contributed by atoms with Gasteiger partial charge in [-0.1, -0.05) is 0 Å². The molecule has 0 radical (unpaired) electrons. The first-order valence-electron chi connectivity index (χ1n) is 5.75. The third-order valence-corrected chi connectivity index (χ3v) is 1.92. The van der Waals surface area contributed by atoms with E-state index >= 15 is 0 Å². The Morgan fingerprint density at radius 3 is 2.62 bits per heavy atom. The Kier molecular flexibility index (Phi) is 10.4. The maximum atomic E-state index is 11.0. The lowest BCUT2D eigenvalue weighted by Gasteiger charge is -2.10. The van der Waals surface area contributed by atoms with Crippen LogP contribution in [0.4, 0.5) is 0 Å². The molecule has 0 heterocycles. The predicted octanol–water partition coefficient (Wildman–Crippen LogP) is 0.107. The molecule has 0 aromatic carbocycles. The Morgan fingerprint density at radius 1 is 1.25 bits per heavy atom. The van der Waals surface area contributed by atoms with E-state index in [4.69, 9.17) is 9.47 Å². The number of carbonyl (C=O) groups is 1. The van der Waals surface area contributed by atoms with Crippen LogP contribution in [0.25, 0.3) is 0 Å². The van der Waals surface area contributed by atoms with E-state index < -0.39 is 0 Å². The van der Waals surface area contributed by atoms with Crippen molar-refractivity contribution < 1.29 is 14.3 Å². The number of ether oxygens (including phenoxy) is 2. The van der Waals surface area contributed by atoms with Gasteiger partial charge >= 0.3 is 5.97 Å². The van der Waals surface area contributed by atoms with Crippen LogP contribution >= 0.6 is 0 Å². The minimum Gasteiger partial charge on any atom is -0.466 e. The number of esters is 1. The Hall–Kier alpha value is -0.650. The maximum absolute atomic E-state index is 11.0. The number of hydrogen-bond donors (Lipinski definition) is 1. The SMILES string of the molecule is CCOC(=O)CCNCCOCCN(C)C. The summed E-state index contributed by atoms with van der Waals surface area (Å²) in [4.78, 5) is 13.0. The molecule has 0 aromatic heterocycles. The van der Waals surface area contributed by atoms with Crippen molar-refractivity contribution in [2.24, 2.45) is 0 Å². The quantitative estimate of drug-likeness (QED) is 0.428. The number of nitrogens with zero attached hydrogens (tertiary/aromatic N) is 1. The molecule has 0 amide bonds. The van der Waals surface area contributed by atoms with Gasteiger partial charge in [0.1, 0.15) is 0 Å². The first kappa shape index (κ1) is 15.3. The van der Waals surface area contributed by atoms with Gasteiger partial charge in [-0.15, -0.1) is 0 Å². The molecular formula is C11H24N2O3. The summed E-state index contributed by atoms with van der Waals surface area (Å²) < 4.78 is 10.2. The summed E-state index contributed by atoms with van der Waals surface area (Å²) >= 11 is 0. The van der Waals surface area contributed by atoms with Gasteiger partial charge in [-0.2, -0.15) is 0 Å². The van der Waals surface area contributed by atoms with Crippen LogP contribution in [-0.2, 0) is 14.3 Å². The zero-order valence-electron chi connectivity index (χ0n) is 10.6. The van der Waals surface area contributed by atoms with E-state index in [-0.39, 0.29) is 5.97 Å². The predicted molar refractivity (Wildman–Crippen MR) is 63.5 cm³/mol. The van der Waals surface area contributed by atoms with Crippen molar-refractivity contribution in [3.8, 4) is 0 Å². The van der Waals surface area contributed by atoms with Crippen LogP contribution in [0.2, 0.25) is 0 Å². The molecule has 0 aliphatic carbocycles. The van der Waals surface area contributed by atoms with Gasteiger partial charge in [-0.05, 0) is 21.0 Å². The third-order valence-electron chi connectivity index (χ3n) is 1.92. The summed E-state index contributed by atoms with van der Waals surface area (Å²) in [6.07, 6.45) is 0.422. The number of carbonyl (C=O) groups excluding carboxylic acids is 1. The smallest absolute Gasteiger partial charge is 0.307 e. The van der Waals surface area contributed by atoms with Gasteiger partial charge in [0.2, 0.25) is 0 Å². The van der Waals surface area contributed by atoms with Crippen molar-refractivity contribution in [3.05, 3.63) is 0 Å². The summed E-state index contributed by atoms with van der Waals surface area (Å²) in [6, 6.07) is 0. The highest BCUT2D eigenvalue weighted by Gasteiger charge is 1.99. The maximum Gasteiger partial charge on any atom is 0.307 e. The molecule has 96 valence electrons. The summed E-state index contributed by atoms with van der Waals surface area (Å²) in [5, 5.41) is 3.12. The molecule has 0 unspecified atom stereocenters. The fraction of sp³-hybridized carbons (Fsp3) is 0.909. The van der Waals surface area contributed by atoms with Crippen LogP contribution in [0, 0.1) is 0 Å². The fourth-order valence-electron chi connectivity index (χ4n) is 1.04. The minimum absolute atomic E-state index is 0.150. The molecule has 1 N–H and O–H groups in total. The van der Waals surface area contributed by atoms with Gasteiger partial charge in [0.15, 0.2) is 0 Å². The summed E-state index contributed by atoms with van der Waals surface area (Å²) in [7, 11) is 4.03. The lowest BCUT2D eigenvalue weighted by Crippen LogP contribution is -2.25. The standard InChI is InChI=1S/C11H24N2O3/c1-4-16-11(14)5-6-12-7-9-15-10-8-13(2)3/h12H,4-10H2,1-3H3. The van der Waals surface area contributed by atoms with Gasteiger partial charge < -0.3 is 19.7 Å². The highest BCUT2D eigenvalue weighted by molar-refractivity contribution is 5.69. The first-order chi connectivity index (χ1) is 7.66. The second-order valence-corrected chi connectivity index (χ2v) is 3.72. The molecule has 0 spiro atoms. The van der Waals surface area contributed by atoms with Gasteiger partial charge in [0, 0.05) is 19.6 Å². The van der Waals surface area contributed by atoms with E-state index in [1.807, 2.05) is 21.0 Å². The Bertz CT molecular complexity index is 175. The van der Waals surface area contributed by atoms with E-state index in [2.05, 4.69) is 10.2 Å². The van der Waals surface area contributed by atoms with E-state index in [0.29, 0.717) is 26.2 Å². The summed E-state index contributed by atoms with van der Waals surface area (Å²) in [5.41, 5.74) is 0. The van der Waals surface area contributed by atoms with Crippen LogP contribution in [0.15, 0.2) is 0 Å². The van der Waals surface area contributed by atoms with Crippen molar-refractivity contribution >= 4 is 5.97 Å². The van der Waals surface area contributed by atoms with Crippen molar-refractivity contribution in [2.45, 2.75) is 13.3 Å². The topological polar surface area (TPSA) is 50.8 Å². The minimum atomic E-state index is -0.150. The van der Waals surface area contributed by atoms with Crippen molar-refractivity contribution in [2.75, 3.05) is 53.6 Å². The third kappa shape index (κ3) is 11.4. The van der Waals surface area contributed by atoms with Crippen LogP contribution in [0.5, 0.6) is 0 Å². The normalized spacial score (nSPS) is 10.8. The molecule has 0 saturated carbocycles. The number of hydrogen-bond acceptors (Lipinski definition) is 5. The Labute approximate surface area is 98.1 Å². The number of rotatable bonds is 10.